The molecule has 6 nitrogen and oxygen atoms in total. The average Bonchev–Trinajstić information content (AvgIpc) is 2.81. The minimum Gasteiger partial charge on any atom is -0.478 e. The van der Waals surface area contributed by atoms with Gasteiger partial charge in [-0.25, -0.2) is 19.7 Å². The number of hydrogen-bond acceptors (Lipinski definition) is 6. The Balaban J connectivity index is 1.99. The minimum absolute atomic E-state index is 0.0229. The molecule has 94 valence electrons. The van der Waals surface area contributed by atoms with E-state index >= 15 is 0 Å². The number of oxazole rings is 1. The molecule has 0 fully saturated rings. The van der Waals surface area contributed by atoms with Crippen LogP contribution in [0.25, 0.3) is 11.1 Å². The van der Waals surface area contributed by atoms with Crippen molar-refractivity contribution in [1.29, 1.82) is 0 Å². The van der Waals surface area contributed by atoms with Gasteiger partial charge in [-0.3, -0.25) is 0 Å². The van der Waals surface area contributed by atoms with Gasteiger partial charge in [-0.05, 0) is 23.9 Å². The van der Waals surface area contributed by atoms with Crippen LogP contribution < -0.4 is 0 Å². The number of fused-ring (bicyclic) bond motifs is 1. The molecular formula is C12H7N3O3S. The van der Waals surface area contributed by atoms with E-state index in [1.807, 2.05) is 18.2 Å². The molecule has 0 amide bonds. The lowest BCUT2D eigenvalue weighted by Crippen LogP contribution is -2.01. The summed E-state index contributed by atoms with van der Waals surface area (Å²) >= 11 is 1.06. The van der Waals surface area contributed by atoms with Gasteiger partial charge in [0.15, 0.2) is 5.58 Å². The standard InChI is InChI=1S/C12H7N3O3S/c16-11(17)7-5-13-6-14-10(7)19-12-15-8-3-1-2-4-9(8)18-12/h1-6H,(H,16,17). The number of carboxylic acid groups (broad SMARTS) is 1. The molecule has 0 bridgehead atoms. The van der Waals surface area contributed by atoms with Crippen molar-refractivity contribution in [1.82, 2.24) is 15.0 Å². The Kier molecular flexibility index (Phi) is 2.88. The first kappa shape index (κ1) is 11.7. The van der Waals surface area contributed by atoms with Gasteiger partial charge in [-0.2, -0.15) is 0 Å². The molecule has 0 aliphatic heterocycles. The molecule has 1 aromatic carbocycles. The molecule has 0 unspecified atom stereocenters. The number of para-hydroxylation sites is 2. The normalized spacial score (nSPS) is 10.7. The third-order valence-corrected chi connectivity index (χ3v) is 3.23. The van der Waals surface area contributed by atoms with Crippen LogP contribution in [0.5, 0.6) is 0 Å². The fraction of sp³-hybridized carbons (Fsp3) is 0. The van der Waals surface area contributed by atoms with E-state index in [2.05, 4.69) is 15.0 Å². The summed E-state index contributed by atoms with van der Waals surface area (Å²) in [4.78, 5) is 22.9. The highest BCUT2D eigenvalue weighted by atomic mass is 32.2. The van der Waals surface area contributed by atoms with E-state index in [9.17, 15) is 4.79 Å². The Labute approximate surface area is 111 Å². The number of benzene rings is 1. The van der Waals surface area contributed by atoms with Gasteiger partial charge >= 0.3 is 5.97 Å². The van der Waals surface area contributed by atoms with Crippen molar-refractivity contribution in [2.75, 3.05) is 0 Å². The molecular weight excluding hydrogens is 266 g/mol. The quantitative estimate of drug-likeness (QED) is 0.733. The van der Waals surface area contributed by atoms with Crippen molar-refractivity contribution in [2.45, 2.75) is 10.2 Å². The summed E-state index contributed by atoms with van der Waals surface area (Å²) in [5.74, 6) is -1.08. The van der Waals surface area contributed by atoms with Gasteiger partial charge in [0.25, 0.3) is 5.22 Å². The topological polar surface area (TPSA) is 89.1 Å². The molecule has 0 radical (unpaired) electrons. The minimum atomic E-state index is -1.08. The number of rotatable bonds is 3. The number of hydrogen-bond donors (Lipinski definition) is 1. The lowest BCUT2D eigenvalue weighted by molar-refractivity contribution is 0.0691. The fourth-order valence-electron chi connectivity index (χ4n) is 1.52. The van der Waals surface area contributed by atoms with Gasteiger partial charge in [0.05, 0.1) is 0 Å². The van der Waals surface area contributed by atoms with E-state index in [1.165, 1.54) is 12.5 Å². The SMILES string of the molecule is O=C(O)c1cncnc1Sc1nc2ccccc2o1. The van der Waals surface area contributed by atoms with Crippen molar-refractivity contribution >= 4 is 28.8 Å². The second-order valence-corrected chi connectivity index (χ2v) is 4.54. The predicted molar refractivity (Wildman–Crippen MR) is 67.1 cm³/mol. The monoisotopic (exact) mass is 273 g/mol. The first-order valence-electron chi connectivity index (χ1n) is 5.31. The molecule has 2 aromatic heterocycles. The summed E-state index contributed by atoms with van der Waals surface area (Å²) in [6.45, 7) is 0. The first-order valence-corrected chi connectivity index (χ1v) is 6.12. The Morgan fingerprint density at radius 3 is 2.95 bits per heavy atom. The largest absolute Gasteiger partial charge is 0.478 e. The first-order chi connectivity index (χ1) is 9.24. The highest BCUT2D eigenvalue weighted by molar-refractivity contribution is 7.99. The molecule has 0 aliphatic rings. The highest BCUT2D eigenvalue weighted by Crippen LogP contribution is 2.30. The molecule has 1 N–H and O–H groups in total. The van der Waals surface area contributed by atoms with E-state index in [1.54, 1.807) is 6.07 Å². The summed E-state index contributed by atoms with van der Waals surface area (Å²) in [5, 5.41) is 9.69. The predicted octanol–water partition coefficient (Wildman–Crippen LogP) is 2.47. The van der Waals surface area contributed by atoms with Crippen molar-refractivity contribution in [3.8, 4) is 0 Å². The lowest BCUT2D eigenvalue weighted by atomic mass is 10.3. The Hall–Kier alpha value is -2.41. The van der Waals surface area contributed by atoms with E-state index in [0.717, 1.165) is 17.3 Å². The average molecular weight is 273 g/mol. The van der Waals surface area contributed by atoms with Gasteiger partial charge in [-0.1, -0.05) is 12.1 Å². The molecule has 3 rings (SSSR count). The third kappa shape index (κ3) is 2.27. The molecule has 0 saturated carbocycles. The Morgan fingerprint density at radius 2 is 2.16 bits per heavy atom. The smallest absolute Gasteiger partial charge is 0.340 e. The molecule has 3 aromatic rings. The zero-order valence-electron chi connectivity index (χ0n) is 9.48. The summed E-state index contributed by atoms with van der Waals surface area (Å²) < 4.78 is 5.51. The second-order valence-electron chi connectivity index (χ2n) is 3.60. The van der Waals surface area contributed by atoms with Crippen LogP contribution in [0.4, 0.5) is 0 Å². The van der Waals surface area contributed by atoms with Gasteiger partial charge in [-0.15, -0.1) is 0 Å². The fourth-order valence-corrected chi connectivity index (χ4v) is 2.31. The van der Waals surface area contributed by atoms with Crippen LogP contribution in [0.2, 0.25) is 0 Å². The number of nitrogens with zero attached hydrogens (tertiary/aromatic N) is 3. The molecule has 0 spiro atoms. The maximum atomic E-state index is 11.0. The summed E-state index contributed by atoms with van der Waals surface area (Å²) in [7, 11) is 0. The van der Waals surface area contributed by atoms with E-state index in [4.69, 9.17) is 9.52 Å². The third-order valence-electron chi connectivity index (χ3n) is 2.36. The van der Waals surface area contributed by atoms with E-state index < -0.39 is 5.97 Å². The summed E-state index contributed by atoms with van der Waals surface area (Å²) in [6, 6.07) is 7.31. The maximum absolute atomic E-state index is 11.0. The number of carboxylic acids is 1. The molecule has 7 heteroatoms. The molecule has 19 heavy (non-hydrogen) atoms. The highest BCUT2D eigenvalue weighted by Gasteiger charge is 2.15. The van der Waals surface area contributed by atoms with Crippen LogP contribution in [-0.2, 0) is 0 Å². The Morgan fingerprint density at radius 1 is 1.32 bits per heavy atom. The van der Waals surface area contributed by atoms with Crippen LogP contribution in [0.1, 0.15) is 10.4 Å². The van der Waals surface area contributed by atoms with Gasteiger partial charge in [0.1, 0.15) is 22.4 Å². The van der Waals surface area contributed by atoms with Gasteiger partial charge in [0, 0.05) is 6.20 Å². The van der Waals surface area contributed by atoms with Crippen molar-refractivity contribution in [3.05, 3.63) is 42.4 Å². The lowest BCUT2D eigenvalue weighted by Gasteiger charge is -1.99. The number of carbonyl (C=O) groups is 1. The molecule has 2 heterocycles. The van der Waals surface area contributed by atoms with Crippen LogP contribution >= 0.6 is 11.8 Å². The zero-order chi connectivity index (χ0) is 13.2. The molecule has 0 aliphatic carbocycles. The van der Waals surface area contributed by atoms with Crippen LogP contribution in [0.15, 0.2) is 51.5 Å². The zero-order valence-corrected chi connectivity index (χ0v) is 10.3. The van der Waals surface area contributed by atoms with Crippen molar-refractivity contribution in [2.24, 2.45) is 0 Å². The van der Waals surface area contributed by atoms with Crippen molar-refractivity contribution in [3.63, 3.8) is 0 Å². The number of aromatic nitrogens is 3. The van der Waals surface area contributed by atoms with Crippen LogP contribution in [0.3, 0.4) is 0 Å². The second kappa shape index (κ2) is 4.69. The van der Waals surface area contributed by atoms with Gasteiger partial charge in [0.2, 0.25) is 0 Å². The molecule has 0 saturated heterocycles. The summed E-state index contributed by atoms with van der Waals surface area (Å²) in [5.41, 5.74) is 1.39. The maximum Gasteiger partial charge on any atom is 0.340 e. The molecule has 0 atom stereocenters. The van der Waals surface area contributed by atoms with Crippen LogP contribution in [-0.4, -0.2) is 26.0 Å². The van der Waals surface area contributed by atoms with Gasteiger partial charge < -0.3 is 9.52 Å². The van der Waals surface area contributed by atoms with Crippen molar-refractivity contribution < 1.29 is 14.3 Å². The van der Waals surface area contributed by atoms with E-state index in [0.29, 0.717) is 15.8 Å². The van der Waals surface area contributed by atoms with Crippen LogP contribution in [0, 0.1) is 0 Å². The number of aromatic carboxylic acids is 1. The van der Waals surface area contributed by atoms with E-state index in [-0.39, 0.29) is 5.56 Å². The Bertz CT molecular complexity index is 724. The summed E-state index contributed by atoms with van der Waals surface area (Å²) in [6.07, 6.45) is 2.54.